The molecule has 0 atom stereocenters. The molecule has 46 valence electrons. The van der Waals surface area contributed by atoms with Gasteiger partial charge in [-0.25, -0.2) is 4.99 Å². The van der Waals surface area contributed by atoms with E-state index in [-0.39, 0.29) is 11.7 Å². The summed E-state index contributed by atoms with van der Waals surface area (Å²) in [6.45, 7) is 0. The van der Waals surface area contributed by atoms with Gasteiger partial charge in [-0.15, -0.1) is 0 Å². The molecule has 1 rings (SSSR count). The largest absolute Gasteiger partial charge is 0.384 e. The lowest BCUT2D eigenvalue weighted by atomic mass is 10.3. The third kappa shape index (κ3) is 1.02. The van der Waals surface area contributed by atoms with E-state index in [1.165, 1.54) is 12.2 Å². The van der Waals surface area contributed by atoms with Gasteiger partial charge >= 0.3 is 0 Å². The third-order valence-electron chi connectivity index (χ3n) is 0.880. The summed E-state index contributed by atoms with van der Waals surface area (Å²) in [6, 6.07) is 0. The molecule has 0 aromatic rings. The zero-order chi connectivity index (χ0) is 6.85. The van der Waals surface area contributed by atoms with E-state index in [1.807, 2.05) is 0 Å². The van der Waals surface area contributed by atoms with Crippen molar-refractivity contribution in [2.75, 3.05) is 0 Å². The second-order valence-corrected chi connectivity index (χ2v) is 1.58. The van der Waals surface area contributed by atoms with Gasteiger partial charge in [0.1, 0.15) is 5.84 Å². The van der Waals surface area contributed by atoms with Crippen molar-refractivity contribution >= 4 is 17.5 Å². The molecule has 3 N–H and O–H groups in total. The van der Waals surface area contributed by atoms with Crippen molar-refractivity contribution < 1.29 is 4.79 Å². The fourth-order valence-electron chi connectivity index (χ4n) is 0.461. The lowest BCUT2D eigenvalue weighted by Gasteiger charge is -1.97. The van der Waals surface area contributed by atoms with Gasteiger partial charge in [-0.05, 0) is 12.2 Å². The maximum Gasteiger partial charge on any atom is 0.222 e. The first-order valence-electron chi connectivity index (χ1n) is 2.35. The average Bonchev–Trinajstić information content (AvgIpc) is 1.80. The highest BCUT2D eigenvalue weighted by atomic mass is 16.1. The number of nitrogens with two attached hydrogens (primary N) is 1. The maximum atomic E-state index is 10.5. The number of rotatable bonds is 0. The van der Waals surface area contributed by atoms with Gasteiger partial charge in [-0.3, -0.25) is 10.2 Å². The molecule has 0 fully saturated rings. The molecule has 4 heteroatoms. The van der Waals surface area contributed by atoms with Gasteiger partial charge in [0.25, 0.3) is 0 Å². The molecule has 0 amide bonds. The van der Waals surface area contributed by atoms with Gasteiger partial charge in [0.2, 0.25) is 5.78 Å². The lowest BCUT2D eigenvalue weighted by molar-refractivity contribution is -0.109. The molecule has 0 bridgehead atoms. The number of hydrogen-bond donors (Lipinski definition) is 2. The predicted molar refractivity (Wildman–Crippen MR) is 33.5 cm³/mol. The zero-order valence-corrected chi connectivity index (χ0v) is 4.59. The standard InChI is InChI=1S/C5H5N3O/c6-4-2-1-3(9)5(7)8-4/h1-2H,(H3,6,7,8). The Hall–Kier alpha value is -1.45. The Morgan fingerprint density at radius 2 is 2.22 bits per heavy atom. The minimum Gasteiger partial charge on any atom is -0.384 e. The number of amidine groups is 2. The van der Waals surface area contributed by atoms with Gasteiger partial charge in [0.05, 0.1) is 0 Å². The second-order valence-electron chi connectivity index (χ2n) is 1.58. The highest BCUT2D eigenvalue weighted by molar-refractivity contribution is 6.45. The molecule has 9 heavy (non-hydrogen) atoms. The van der Waals surface area contributed by atoms with Crippen molar-refractivity contribution in [1.82, 2.24) is 0 Å². The minimum atomic E-state index is -0.399. The van der Waals surface area contributed by atoms with Gasteiger partial charge in [0, 0.05) is 0 Å². The van der Waals surface area contributed by atoms with Crippen molar-refractivity contribution in [3.05, 3.63) is 12.2 Å². The van der Waals surface area contributed by atoms with Crippen molar-refractivity contribution in [2.24, 2.45) is 10.7 Å². The summed E-state index contributed by atoms with van der Waals surface area (Å²) in [6.07, 6.45) is 2.60. The quantitative estimate of drug-likeness (QED) is 0.453. The molecule has 4 nitrogen and oxygen atoms in total. The minimum absolute atomic E-state index is 0.208. The molecular formula is C5H5N3O. The topological polar surface area (TPSA) is 79.3 Å². The normalized spacial score (nSPS) is 18.0. The lowest BCUT2D eigenvalue weighted by Crippen LogP contribution is -2.20. The van der Waals surface area contributed by atoms with Gasteiger partial charge < -0.3 is 5.73 Å². The van der Waals surface area contributed by atoms with Crippen LogP contribution in [0, 0.1) is 5.41 Å². The van der Waals surface area contributed by atoms with E-state index in [9.17, 15) is 4.79 Å². The Balaban J connectivity index is 2.95. The zero-order valence-electron chi connectivity index (χ0n) is 4.59. The van der Waals surface area contributed by atoms with E-state index < -0.39 is 5.78 Å². The Morgan fingerprint density at radius 3 is 2.67 bits per heavy atom. The fourth-order valence-corrected chi connectivity index (χ4v) is 0.461. The van der Waals surface area contributed by atoms with Crippen LogP contribution in [-0.4, -0.2) is 17.5 Å². The summed E-state index contributed by atoms with van der Waals surface area (Å²) in [5.74, 6) is -0.487. The van der Waals surface area contributed by atoms with Crippen molar-refractivity contribution in [1.29, 1.82) is 5.41 Å². The molecule has 0 radical (unpaired) electrons. The molecule has 0 unspecified atom stereocenters. The highest BCUT2D eigenvalue weighted by Gasteiger charge is 2.07. The summed E-state index contributed by atoms with van der Waals surface area (Å²) < 4.78 is 0. The summed E-state index contributed by atoms with van der Waals surface area (Å²) in [7, 11) is 0. The molecule has 1 aliphatic heterocycles. The first kappa shape index (κ1) is 5.68. The van der Waals surface area contributed by atoms with Crippen LogP contribution < -0.4 is 5.73 Å². The number of nitrogens with one attached hydrogen (secondary N) is 1. The van der Waals surface area contributed by atoms with Crippen molar-refractivity contribution in [3.8, 4) is 0 Å². The fraction of sp³-hybridized carbons (Fsp3) is 0. The number of dihydropyridines is 1. The molecule has 1 aliphatic rings. The van der Waals surface area contributed by atoms with E-state index in [0.717, 1.165) is 0 Å². The summed E-state index contributed by atoms with van der Waals surface area (Å²) in [5, 5.41) is 6.86. The van der Waals surface area contributed by atoms with Crippen LogP contribution in [0.5, 0.6) is 0 Å². The monoisotopic (exact) mass is 123 g/mol. The van der Waals surface area contributed by atoms with Crippen LogP contribution in [0.25, 0.3) is 0 Å². The van der Waals surface area contributed by atoms with E-state index in [2.05, 4.69) is 4.99 Å². The van der Waals surface area contributed by atoms with Crippen LogP contribution >= 0.6 is 0 Å². The van der Waals surface area contributed by atoms with Crippen molar-refractivity contribution in [3.63, 3.8) is 0 Å². The SMILES string of the molecule is N=C1N=C(N)C=CC1=O. The predicted octanol–water partition coefficient (Wildman–Crippen LogP) is -0.540. The smallest absolute Gasteiger partial charge is 0.222 e. The van der Waals surface area contributed by atoms with E-state index >= 15 is 0 Å². The van der Waals surface area contributed by atoms with E-state index in [1.54, 1.807) is 0 Å². The number of aliphatic imine (C=N–C) groups is 1. The van der Waals surface area contributed by atoms with Crippen LogP contribution in [0.4, 0.5) is 0 Å². The van der Waals surface area contributed by atoms with Crippen molar-refractivity contribution in [2.45, 2.75) is 0 Å². The molecule has 0 saturated carbocycles. The number of nitrogens with zero attached hydrogens (tertiary/aromatic N) is 1. The van der Waals surface area contributed by atoms with Crippen LogP contribution in [0.2, 0.25) is 0 Å². The van der Waals surface area contributed by atoms with Crippen LogP contribution in [0.15, 0.2) is 17.1 Å². The number of carbonyl (C=O) groups excluding carboxylic acids is 1. The highest BCUT2D eigenvalue weighted by Crippen LogP contribution is 1.90. The van der Waals surface area contributed by atoms with Gasteiger partial charge in [0.15, 0.2) is 5.84 Å². The first-order chi connectivity index (χ1) is 4.20. The Kier molecular flexibility index (Phi) is 1.14. The Bertz CT molecular complexity index is 226. The molecule has 0 saturated heterocycles. The molecule has 0 aliphatic carbocycles. The molecule has 0 aromatic heterocycles. The molecule has 0 spiro atoms. The van der Waals surface area contributed by atoms with E-state index in [0.29, 0.717) is 0 Å². The number of carbonyl (C=O) groups is 1. The number of ketones is 1. The van der Waals surface area contributed by atoms with Crippen LogP contribution in [-0.2, 0) is 4.79 Å². The molecular weight excluding hydrogens is 118 g/mol. The number of hydrogen-bond acceptors (Lipinski definition) is 3. The summed E-state index contributed by atoms with van der Waals surface area (Å²) >= 11 is 0. The Labute approximate surface area is 51.6 Å². The van der Waals surface area contributed by atoms with Crippen LogP contribution in [0.1, 0.15) is 0 Å². The third-order valence-corrected chi connectivity index (χ3v) is 0.880. The van der Waals surface area contributed by atoms with Gasteiger partial charge in [-0.2, -0.15) is 0 Å². The average molecular weight is 123 g/mol. The van der Waals surface area contributed by atoms with Gasteiger partial charge in [-0.1, -0.05) is 0 Å². The molecule has 0 aromatic carbocycles. The van der Waals surface area contributed by atoms with E-state index in [4.69, 9.17) is 11.1 Å². The molecule has 1 heterocycles. The maximum absolute atomic E-state index is 10.5. The Morgan fingerprint density at radius 1 is 1.56 bits per heavy atom. The first-order valence-corrected chi connectivity index (χ1v) is 2.35. The van der Waals surface area contributed by atoms with Crippen LogP contribution in [0.3, 0.4) is 0 Å². The summed E-state index contributed by atoms with van der Waals surface area (Å²) in [4.78, 5) is 13.9. The summed E-state index contributed by atoms with van der Waals surface area (Å²) in [5.41, 5.74) is 5.16. The second kappa shape index (κ2) is 1.81.